The fourth-order valence-corrected chi connectivity index (χ4v) is 3.93. The fraction of sp³-hybridized carbons (Fsp3) is 0.250. The number of nitrogens with one attached hydrogen (secondary N) is 1. The summed E-state index contributed by atoms with van der Waals surface area (Å²) in [5.74, 6) is 0.0853. The number of aryl methyl sites for hydroxylation is 1. The molecular formula is C28H30F2N6O2. The molecular weight excluding hydrogens is 490 g/mol. The number of halogens is 2. The third-order valence-electron chi connectivity index (χ3n) is 5.72. The Morgan fingerprint density at radius 1 is 1.11 bits per heavy atom. The van der Waals surface area contributed by atoms with Gasteiger partial charge < -0.3 is 20.1 Å². The minimum Gasteiger partial charge on any atom is -0.494 e. The van der Waals surface area contributed by atoms with E-state index in [1.165, 1.54) is 16.8 Å². The Balaban J connectivity index is 1.84. The molecule has 4 aromatic rings. The van der Waals surface area contributed by atoms with E-state index in [9.17, 15) is 4.39 Å². The highest BCUT2D eigenvalue weighted by atomic mass is 19.1. The van der Waals surface area contributed by atoms with Gasteiger partial charge in [-0.1, -0.05) is 12.1 Å². The molecule has 1 aromatic heterocycles. The molecule has 8 nitrogen and oxygen atoms in total. The molecule has 0 fully saturated rings. The fourth-order valence-electron chi connectivity index (χ4n) is 3.93. The number of rotatable bonds is 10. The van der Waals surface area contributed by atoms with Gasteiger partial charge in [-0.3, -0.25) is 10.1 Å². The lowest BCUT2D eigenvalue weighted by atomic mass is 10.1. The van der Waals surface area contributed by atoms with Crippen LogP contribution in [-0.4, -0.2) is 33.3 Å². The van der Waals surface area contributed by atoms with Crippen molar-refractivity contribution in [3.05, 3.63) is 83.7 Å². The van der Waals surface area contributed by atoms with Gasteiger partial charge in [0.15, 0.2) is 17.4 Å². The topological polar surface area (TPSA) is 102 Å². The van der Waals surface area contributed by atoms with Crippen LogP contribution in [0.4, 0.5) is 20.2 Å². The number of hydrogen-bond donors (Lipinski definition) is 2. The summed E-state index contributed by atoms with van der Waals surface area (Å²) < 4.78 is 43.4. The molecule has 0 amide bonds. The van der Waals surface area contributed by atoms with E-state index in [4.69, 9.17) is 20.6 Å². The van der Waals surface area contributed by atoms with Gasteiger partial charge in [-0.2, -0.15) is 5.10 Å². The number of hydrogen-bond acceptors (Lipinski definition) is 6. The van der Waals surface area contributed by atoms with Crippen molar-refractivity contribution >= 4 is 17.2 Å². The van der Waals surface area contributed by atoms with Gasteiger partial charge in [-0.25, -0.2) is 13.8 Å². The molecule has 0 aliphatic carbocycles. The first-order chi connectivity index (χ1) is 18.2. The largest absolute Gasteiger partial charge is 0.494 e. The first-order valence-corrected chi connectivity index (χ1v) is 12.2. The van der Waals surface area contributed by atoms with Gasteiger partial charge in [0, 0.05) is 30.4 Å². The van der Waals surface area contributed by atoms with Gasteiger partial charge >= 0.3 is 0 Å². The third-order valence-corrected chi connectivity index (χ3v) is 5.72. The molecule has 198 valence electrons. The molecule has 1 heterocycles. The maximum Gasteiger partial charge on any atom is 0.188 e. The van der Waals surface area contributed by atoms with Crippen molar-refractivity contribution in [3.8, 4) is 22.9 Å². The summed E-state index contributed by atoms with van der Waals surface area (Å²) in [6.45, 7) is 5.94. The zero-order valence-electron chi connectivity index (χ0n) is 21.7. The summed E-state index contributed by atoms with van der Waals surface area (Å²) in [6.07, 6.45) is -0.264. The molecule has 0 unspecified atom stereocenters. The van der Waals surface area contributed by atoms with Crippen LogP contribution in [0.1, 0.15) is 32.2 Å². The Bertz CT molecular complexity index is 1440. The number of amidine groups is 1. The van der Waals surface area contributed by atoms with Gasteiger partial charge in [0.1, 0.15) is 23.2 Å². The van der Waals surface area contributed by atoms with Crippen molar-refractivity contribution in [3.63, 3.8) is 0 Å². The molecule has 0 aliphatic heterocycles. The quantitative estimate of drug-likeness (QED) is 0.209. The Labute approximate surface area is 220 Å². The Morgan fingerprint density at radius 2 is 1.82 bits per heavy atom. The first kappa shape index (κ1) is 26.6. The maximum absolute atomic E-state index is 16.0. The summed E-state index contributed by atoms with van der Waals surface area (Å²) >= 11 is 0. The smallest absolute Gasteiger partial charge is 0.188 e. The van der Waals surface area contributed by atoms with Gasteiger partial charge in [-0.15, -0.1) is 0 Å². The predicted molar refractivity (Wildman–Crippen MR) is 143 cm³/mol. The number of aromatic nitrogens is 3. The molecule has 38 heavy (non-hydrogen) atoms. The van der Waals surface area contributed by atoms with Gasteiger partial charge in [0.2, 0.25) is 0 Å². The van der Waals surface area contributed by atoms with Crippen LogP contribution in [0, 0.1) is 17.0 Å². The average molecular weight is 521 g/mol. The molecule has 10 heteroatoms. The highest BCUT2D eigenvalue weighted by Crippen LogP contribution is 2.38. The van der Waals surface area contributed by atoms with Crippen molar-refractivity contribution in [2.24, 2.45) is 12.8 Å². The molecule has 0 atom stereocenters. The number of ether oxygens (including phenoxy) is 2. The number of nitrogens with zero attached hydrogens (tertiary/aromatic N) is 4. The van der Waals surface area contributed by atoms with Crippen molar-refractivity contribution in [1.29, 1.82) is 5.41 Å². The SMILES string of the molecule is CCOc1cc(OC(C)C)c(F)c(N(Cc2nc(-c3ccccc3F)nn2C)c2ccc(C(=N)N)cc2)c1. The van der Waals surface area contributed by atoms with Gasteiger partial charge in [-0.05, 0) is 57.2 Å². The number of benzene rings is 3. The van der Waals surface area contributed by atoms with E-state index < -0.39 is 11.6 Å². The Morgan fingerprint density at radius 3 is 2.45 bits per heavy atom. The molecule has 3 aromatic carbocycles. The van der Waals surface area contributed by atoms with Crippen molar-refractivity contribution in [1.82, 2.24) is 14.8 Å². The van der Waals surface area contributed by atoms with E-state index >= 15 is 4.39 Å². The number of nitrogens with two attached hydrogens (primary N) is 1. The Hall–Kier alpha value is -4.47. The van der Waals surface area contributed by atoms with E-state index in [1.54, 1.807) is 60.5 Å². The lowest BCUT2D eigenvalue weighted by molar-refractivity contribution is 0.229. The van der Waals surface area contributed by atoms with E-state index in [1.807, 2.05) is 20.8 Å². The summed E-state index contributed by atoms with van der Waals surface area (Å²) in [5.41, 5.74) is 7.23. The van der Waals surface area contributed by atoms with Crippen LogP contribution in [-0.2, 0) is 13.6 Å². The van der Waals surface area contributed by atoms with E-state index in [2.05, 4.69) is 10.1 Å². The molecule has 0 saturated carbocycles. The predicted octanol–water partition coefficient (Wildman–Crippen LogP) is 5.57. The van der Waals surface area contributed by atoms with Crippen molar-refractivity contribution < 1.29 is 18.3 Å². The zero-order valence-corrected chi connectivity index (χ0v) is 21.7. The van der Waals surface area contributed by atoms with Crippen LogP contribution < -0.4 is 20.1 Å². The molecule has 0 bridgehead atoms. The van der Waals surface area contributed by atoms with Crippen LogP contribution >= 0.6 is 0 Å². The van der Waals surface area contributed by atoms with Crippen LogP contribution in [0.5, 0.6) is 11.5 Å². The lowest BCUT2D eigenvalue weighted by Crippen LogP contribution is -2.21. The van der Waals surface area contributed by atoms with Gasteiger partial charge in [0.25, 0.3) is 0 Å². The van der Waals surface area contributed by atoms with E-state index in [0.29, 0.717) is 29.4 Å². The second-order valence-corrected chi connectivity index (χ2v) is 8.86. The zero-order chi connectivity index (χ0) is 27.4. The highest BCUT2D eigenvalue weighted by molar-refractivity contribution is 5.95. The molecule has 0 saturated heterocycles. The molecule has 0 radical (unpaired) electrons. The summed E-state index contributed by atoms with van der Waals surface area (Å²) in [7, 11) is 1.70. The molecule has 0 aliphatic rings. The van der Waals surface area contributed by atoms with Crippen LogP contribution in [0.2, 0.25) is 0 Å². The monoisotopic (exact) mass is 520 g/mol. The normalized spacial score (nSPS) is 11.0. The van der Waals surface area contributed by atoms with E-state index in [-0.39, 0.29) is 41.3 Å². The second-order valence-electron chi connectivity index (χ2n) is 8.86. The maximum atomic E-state index is 16.0. The standard InChI is InChI=1S/C28H30F2N6O2/c1-5-37-20-14-23(26(30)24(15-20)38-17(2)3)36(19-12-10-18(11-13-19)27(31)32)16-25-33-28(34-35(25)4)21-8-6-7-9-22(21)29/h6-15,17H,5,16H2,1-4H3,(H3,31,32). The van der Waals surface area contributed by atoms with E-state index in [0.717, 1.165) is 0 Å². The summed E-state index contributed by atoms with van der Waals surface area (Å²) in [4.78, 5) is 6.27. The number of nitrogen functional groups attached to an aromatic ring is 1. The number of anilines is 2. The molecule has 3 N–H and O–H groups in total. The highest BCUT2D eigenvalue weighted by Gasteiger charge is 2.23. The minimum atomic E-state index is -0.575. The minimum absolute atomic E-state index is 0.0521. The first-order valence-electron chi connectivity index (χ1n) is 12.2. The van der Waals surface area contributed by atoms with Crippen molar-refractivity contribution in [2.75, 3.05) is 11.5 Å². The van der Waals surface area contributed by atoms with Crippen LogP contribution in [0.3, 0.4) is 0 Å². The molecule has 0 spiro atoms. The Kier molecular flexibility index (Phi) is 7.90. The van der Waals surface area contributed by atoms with Crippen LogP contribution in [0.25, 0.3) is 11.4 Å². The van der Waals surface area contributed by atoms with Crippen LogP contribution in [0.15, 0.2) is 60.7 Å². The average Bonchev–Trinajstić information content (AvgIpc) is 3.24. The van der Waals surface area contributed by atoms with Gasteiger partial charge in [0.05, 0.1) is 30.5 Å². The van der Waals surface area contributed by atoms with Crippen molar-refractivity contribution in [2.45, 2.75) is 33.4 Å². The molecule has 4 rings (SSSR count). The lowest BCUT2D eigenvalue weighted by Gasteiger charge is -2.27. The summed E-state index contributed by atoms with van der Waals surface area (Å²) in [6, 6.07) is 16.2. The summed E-state index contributed by atoms with van der Waals surface area (Å²) in [5, 5.41) is 12.1. The second kappa shape index (κ2) is 11.3. The third kappa shape index (κ3) is 5.74.